The third-order valence-corrected chi connectivity index (χ3v) is 3.97. The molecule has 2 aliphatic heterocycles. The van der Waals surface area contributed by atoms with Crippen LogP contribution in [0.1, 0.15) is 19.8 Å². The summed E-state index contributed by atoms with van der Waals surface area (Å²) in [6, 6.07) is 0.261. The molecule has 0 spiro atoms. The summed E-state index contributed by atoms with van der Waals surface area (Å²) in [5.74, 6) is 0.479. The number of hydrogen-bond donors (Lipinski definition) is 1. The minimum absolute atomic E-state index is 0. The highest BCUT2D eigenvalue weighted by Crippen LogP contribution is 2.27. The molecule has 6 heteroatoms. The summed E-state index contributed by atoms with van der Waals surface area (Å²) >= 11 is 0. The summed E-state index contributed by atoms with van der Waals surface area (Å²) < 4.78 is 0. The third kappa shape index (κ3) is 2.78. The summed E-state index contributed by atoms with van der Waals surface area (Å²) in [5.41, 5.74) is 5.66. The van der Waals surface area contributed by atoms with Crippen LogP contribution in [-0.4, -0.2) is 54.3 Å². The molecule has 5 nitrogen and oxygen atoms in total. The Kier molecular flexibility index (Phi) is 4.99. The van der Waals surface area contributed by atoms with Gasteiger partial charge in [0.2, 0.25) is 11.8 Å². The normalized spacial score (nSPS) is 31.7. The smallest absolute Gasteiger partial charge is 0.228 e. The molecule has 18 heavy (non-hydrogen) atoms. The second kappa shape index (κ2) is 5.89. The van der Waals surface area contributed by atoms with E-state index < -0.39 is 0 Å². The first-order chi connectivity index (χ1) is 8.02. The van der Waals surface area contributed by atoms with Gasteiger partial charge < -0.3 is 15.5 Å². The fraction of sp³-hybridized carbons (Fsp3) is 0.833. The molecule has 2 saturated heterocycles. The molecule has 0 radical (unpaired) electrons. The van der Waals surface area contributed by atoms with E-state index in [9.17, 15) is 9.59 Å². The standard InChI is InChI=1S/C12H21N3O2.ClH/c1-8-3-9(5-13)6-15(8)12(17)10-4-11(16)14(2)7-10;/h8-10H,3-7,13H2,1-2H3;1H. The average Bonchev–Trinajstić information content (AvgIpc) is 2.82. The van der Waals surface area contributed by atoms with Crippen LogP contribution in [0.3, 0.4) is 0 Å². The van der Waals surface area contributed by atoms with Gasteiger partial charge in [-0.05, 0) is 25.8 Å². The van der Waals surface area contributed by atoms with Gasteiger partial charge in [0.05, 0.1) is 5.92 Å². The number of halogens is 1. The van der Waals surface area contributed by atoms with Crippen molar-refractivity contribution in [3.05, 3.63) is 0 Å². The predicted octanol–water partition coefficient (Wildman–Crippen LogP) is 0.0822. The van der Waals surface area contributed by atoms with Gasteiger partial charge in [-0.3, -0.25) is 9.59 Å². The van der Waals surface area contributed by atoms with Crippen LogP contribution in [0.5, 0.6) is 0 Å². The molecule has 0 aromatic heterocycles. The molecule has 104 valence electrons. The highest BCUT2D eigenvalue weighted by atomic mass is 35.5. The number of likely N-dealkylation sites (tertiary alicyclic amines) is 2. The number of nitrogens with zero attached hydrogens (tertiary/aromatic N) is 2. The Balaban J connectivity index is 0.00000162. The number of amides is 2. The average molecular weight is 276 g/mol. The van der Waals surface area contributed by atoms with E-state index in [0.717, 1.165) is 13.0 Å². The fourth-order valence-electron chi connectivity index (χ4n) is 2.88. The van der Waals surface area contributed by atoms with E-state index in [1.165, 1.54) is 0 Å². The Labute approximate surface area is 114 Å². The summed E-state index contributed by atoms with van der Waals surface area (Å²) in [6.45, 7) is 4.02. The van der Waals surface area contributed by atoms with Crippen LogP contribution in [0.25, 0.3) is 0 Å². The van der Waals surface area contributed by atoms with Gasteiger partial charge in [-0.1, -0.05) is 0 Å². The minimum atomic E-state index is -0.147. The number of nitrogens with two attached hydrogens (primary N) is 1. The van der Waals surface area contributed by atoms with Crippen molar-refractivity contribution in [3.8, 4) is 0 Å². The molecule has 2 heterocycles. The molecule has 2 aliphatic rings. The fourth-order valence-corrected chi connectivity index (χ4v) is 2.88. The van der Waals surface area contributed by atoms with Gasteiger partial charge in [-0.2, -0.15) is 0 Å². The largest absolute Gasteiger partial charge is 0.345 e. The number of hydrogen-bond acceptors (Lipinski definition) is 3. The van der Waals surface area contributed by atoms with E-state index in [-0.39, 0.29) is 36.2 Å². The molecule has 3 atom stereocenters. The second-order valence-corrected chi connectivity index (χ2v) is 5.35. The SMILES string of the molecule is CC1CC(CN)CN1C(=O)C1CC(=O)N(C)C1.Cl. The zero-order chi connectivity index (χ0) is 12.6. The van der Waals surface area contributed by atoms with Gasteiger partial charge >= 0.3 is 0 Å². The van der Waals surface area contributed by atoms with Crippen molar-refractivity contribution >= 4 is 24.2 Å². The quantitative estimate of drug-likeness (QED) is 0.776. The highest BCUT2D eigenvalue weighted by Gasteiger charge is 2.39. The van der Waals surface area contributed by atoms with Crippen molar-refractivity contribution in [2.75, 3.05) is 26.7 Å². The van der Waals surface area contributed by atoms with E-state index >= 15 is 0 Å². The zero-order valence-corrected chi connectivity index (χ0v) is 11.8. The first kappa shape index (κ1) is 15.2. The lowest BCUT2D eigenvalue weighted by atomic mass is 10.1. The lowest BCUT2D eigenvalue weighted by Gasteiger charge is -2.24. The molecule has 2 fully saturated rings. The van der Waals surface area contributed by atoms with Crippen LogP contribution in [0.15, 0.2) is 0 Å². The van der Waals surface area contributed by atoms with Crippen molar-refractivity contribution < 1.29 is 9.59 Å². The summed E-state index contributed by atoms with van der Waals surface area (Å²) in [5, 5.41) is 0. The molecular formula is C12H22ClN3O2. The summed E-state index contributed by atoms with van der Waals surface area (Å²) in [7, 11) is 1.76. The number of carbonyl (C=O) groups excluding carboxylic acids is 2. The van der Waals surface area contributed by atoms with Gasteiger partial charge in [0.1, 0.15) is 0 Å². The summed E-state index contributed by atoms with van der Waals surface area (Å²) in [6.07, 6.45) is 1.35. The minimum Gasteiger partial charge on any atom is -0.345 e. The lowest BCUT2D eigenvalue weighted by molar-refractivity contribution is -0.136. The van der Waals surface area contributed by atoms with Crippen molar-refractivity contribution in [3.63, 3.8) is 0 Å². The molecule has 0 aromatic rings. The molecule has 2 N–H and O–H groups in total. The molecule has 2 rings (SSSR count). The first-order valence-corrected chi connectivity index (χ1v) is 6.27. The summed E-state index contributed by atoms with van der Waals surface area (Å²) in [4.78, 5) is 27.3. The molecule has 0 bridgehead atoms. The van der Waals surface area contributed by atoms with Crippen molar-refractivity contribution in [2.24, 2.45) is 17.6 Å². The van der Waals surface area contributed by atoms with Crippen LogP contribution < -0.4 is 5.73 Å². The van der Waals surface area contributed by atoms with Crippen LogP contribution in [0, 0.1) is 11.8 Å². The first-order valence-electron chi connectivity index (χ1n) is 6.27. The zero-order valence-electron chi connectivity index (χ0n) is 11.0. The van der Waals surface area contributed by atoms with Crippen LogP contribution in [-0.2, 0) is 9.59 Å². The van der Waals surface area contributed by atoms with Gasteiger partial charge in [0.15, 0.2) is 0 Å². The highest BCUT2D eigenvalue weighted by molar-refractivity contribution is 5.89. The lowest BCUT2D eigenvalue weighted by Crippen LogP contribution is -2.39. The van der Waals surface area contributed by atoms with Crippen molar-refractivity contribution in [2.45, 2.75) is 25.8 Å². The Morgan fingerprint density at radius 3 is 2.56 bits per heavy atom. The third-order valence-electron chi connectivity index (χ3n) is 3.97. The van der Waals surface area contributed by atoms with Crippen molar-refractivity contribution in [1.29, 1.82) is 0 Å². The molecule has 2 amide bonds. The predicted molar refractivity (Wildman–Crippen MR) is 71.3 cm³/mol. The van der Waals surface area contributed by atoms with Gasteiger partial charge in [-0.15, -0.1) is 12.4 Å². The maximum Gasteiger partial charge on any atom is 0.228 e. The van der Waals surface area contributed by atoms with Crippen LogP contribution in [0.4, 0.5) is 0 Å². The van der Waals surface area contributed by atoms with E-state index in [1.54, 1.807) is 11.9 Å². The van der Waals surface area contributed by atoms with E-state index in [2.05, 4.69) is 6.92 Å². The van der Waals surface area contributed by atoms with E-state index in [0.29, 0.717) is 25.4 Å². The molecule has 3 unspecified atom stereocenters. The molecule has 0 saturated carbocycles. The van der Waals surface area contributed by atoms with Crippen LogP contribution >= 0.6 is 12.4 Å². The molecule has 0 aromatic carbocycles. The molecule has 0 aliphatic carbocycles. The Hall–Kier alpha value is -0.810. The maximum absolute atomic E-state index is 12.3. The number of carbonyl (C=O) groups is 2. The van der Waals surface area contributed by atoms with E-state index in [4.69, 9.17) is 5.73 Å². The Morgan fingerprint density at radius 2 is 2.11 bits per heavy atom. The topological polar surface area (TPSA) is 66.6 Å². The number of rotatable bonds is 2. The van der Waals surface area contributed by atoms with Gasteiger partial charge in [0.25, 0.3) is 0 Å². The maximum atomic E-state index is 12.3. The van der Waals surface area contributed by atoms with Gasteiger partial charge in [0, 0.05) is 32.6 Å². The Bertz CT molecular complexity index is 337. The Morgan fingerprint density at radius 1 is 1.44 bits per heavy atom. The van der Waals surface area contributed by atoms with E-state index in [1.807, 2.05) is 4.90 Å². The van der Waals surface area contributed by atoms with Crippen molar-refractivity contribution in [1.82, 2.24) is 9.80 Å². The second-order valence-electron chi connectivity index (χ2n) is 5.35. The molecular weight excluding hydrogens is 254 g/mol. The monoisotopic (exact) mass is 275 g/mol. The van der Waals surface area contributed by atoms with Crippen LogP contribution in [0.2, 0.25) is 0 Å². The van der Waals surface area contributed by atoms with Gasteiger partial charge in [-0.25, -0.2) is 0 Å².